The van der Waals surface area contributed by atoms with Gasteiger partial charge in [-0.2, -0.15) is 0 Å². The molecule has 0 aliphatic rings. The summed E-state index contributed by atoms with van der Waals surface area (Å²) in [5, 5.41) is 9.41. The highest BCUT2D eigenvalue weighted by Gasteiger charge is 2.14. The summed E-state index contributed by atoms with van der Waals surface area (Å²) < 4.78 is 15.8. The first-order valence-electron chi connectivity index (χ1n) is 8.84. The summed E-state index contributed by atoms with van der Waals surface area (Å²) in [4.78, 5) is 23.7. The molecule has 0 aliphatic carbocycles. The molecule has 0 unspecified atom stereocenters. The average molecular weight is 395 g/mol. The minimum atomic E-state index is -0.297. The number of carbonyl (C=O) groups excluding carboxylic acids is 2. The van der Waals surface area contributed by atoms with Crippen LogP contribution in [-0.4, -0.2) is 31.2 Å². The molecule has 0 saturated carbocycles. The van der Waals surface area contributed by atoms with Gasteiger partial charge in [0.2, 0.25) is 11.8 Å². The molecule has 150 valence electrons. The van der Waals surface area contributed by atoms with Crippen molar-refractivity contribution in [3.8, 4) is 22.8 Å². The maximum atomic E-state index is 12.5. The Labute approximate surface area is 167 Å². The Hall–Kier alpha value is -3.81. The number of benzene rings is 2. The summed E-state index contributed by atoms with van der Waals surface area (Å²) in [5.74, 6) is 1.21. The van der Waals surface area contributed by atoms with Gasteiger partial charge in [-0.15, -0.1) is 0 Å². The van der Waals surface area contributed by atoms with Crippen LogP contribution in [0, 0.1) is 0 Å². The van der Waals surface area contributed by atoms with Crippen LogP contribution in [-0.2, 0) is 16.0 Å². The Bertz CT molecular complexity index is 1030. The highest BCUT2D eigenvalue weighted by Crippen LogP contribution is 2.28. The standard InChI is InChI=1S/C21H21N3O5/c1-13(25)22-15-7-8-19(28-3)18(10-15)23-21(26)12-16-11-20(29-24-16)14-5-4-6-17(9-14)27-2/h4-11H,12H2,1-3H3,(H,22,25)(H,23,26). The molecule has 0 spiro atoms. The van der Waals surface area contributed by atoms with Crippen molar-refractivity contribution in [1.82, 2.24) is 5.16 Å². The number of hydrogen-bond acceptors (Lipinski definition) is 6. The van der Waals surface area contributed by atoms with E-state index in [4.69, 9.17) is 14.0 Å². The molecular weight excluding hydrogens is 374 g/mol. The van der Waals surface area contributed by atoms with Crippen molar-refractivity contribution in [2.24, 2.45) is 0 Å². The predicted octanol–water partition coefficient (Wildman–Crippen LogP) is 3.50. The summed E-state index contributed by atoms with van der Waals surface area (Å²) in [6, 6.07) is 14.1. The molecule has 0 atom stereocenters. The van der Waals surface area contributed by atoms with Crippen molar-refractivity contribution >= 4 is 23.2 Å². The second-order valence-corrected chi connectivity index (χ2v) is 6.24. The van der Waals surface area contributed by atoms with Crippen molar-refractivity contribution in [3.05, 3.63) is 54.2 Å². The largest absolute Gasteiger partial charge is 0.497 e. The fourth-order valence-electron chi connectivity index (χ4n) is 2.75. The third kappa shape index (κ3) is 5.13. The fraction of sp³-hybridized carbons (Fsp3) is 0.190. The van der Waals surface area contributed by atoms with Gasteiger partial charge < -0.3 is 24.6 Å². The zero-order valence-electron chi connectivity index (χ0n) is 16.3. The van der Waals surface area contributed by atoms with Gasteiger partial charge in [0.15, 0.2) is 5.76 Å². The van der Waals surface area contributed by atoms with Crippen LogP contribution in [0.4, 0.5) is 11.4 Å². The summed E-state index contributed by atoms with van der Waals surface area (Å²) in [5.41, 5.74) is 2.28. The molecule has 2 amide bonds. The third-order valence-corrected chi connectivity index (χ3v) is 4.05. The van der Waals surface area contributed by atoms with Crippen molar-refractivity contribution in [3.63, 3.8) is 0 Å². The van der Waals surface area contributed by atoms with Gasteiger partial charge in [0.05, 0.1) is 32.0 Å². The highest BCUT2D eigenvalue weighted by atomic mass is 16.5. The minimum absolute atomic E-state index is 0.0149. The number of amides is 2. The lowest BCUT2D eigenvalue weighted by Gasteiger charge is -2.12. The van der Waals surface area contributed by atoms with Gasteiger partial charge in [-0.05, 0) is 30.3 Å². The number of ether oxygens (including phenoxy) is 2. The summed E-state index contributed by atoms with van der Waals surface area (Å²) in [6.45, 7) is 1.41. The van der Waals surface area contributed by atoms with Crippen molar-refractivity contribution < 1.29 is 23.6 Å². The molecule has 0 fully saturated rings. The first-order valence-corrected chi connectivity index (χ1v) is 8.84. The molecule has 2 N–H and O–H groups in total. The van der Waals surface area contributed by atoms with E-state index < -0.39 is 0 Å². The maximum Gasteiger partial charge on any atom is 0.230 e. The van der Waals surface area contributed by atoms with Crippen molar-refractivity contribution in [2.45, 2.75) is 13.3 Å². The van der Waals surface area contributed by atoms with Gasteiger partial charge in [0.1, 0.15) is 11.5 Å². The average Bonchev–Trinajstić information content (AvgIpc) is 3.16. The fourth-order valence-corrected chi connectivity index (χ4v) is 2.75. The molecule has 0 aliphatic heterocycles. The van der Waals surface area contributed by atoms with E-state index in [2.05, 4.69) is 15.8 Å². The number of hydrogen-bond donors (Lipinski definition) is 2. The van der Waals surface area contributed by atoms with Crippen LogP contribution < -0.4 is 20.1 Å². The SMILES string of the molecule is COc1cccc(-c2cc(CC(=O)Nc3cc(NC(C)=O)ccc3OC)no2)c1. The van der Waals surface area contributed by atoms with E-state index in [1.54, 1.807) is 31.4 Å². The predicted molar refractivity (Wildman–Crippen MR) is 108 cm³/mol. The van der Waals surface area contributed by atoms with Crippen LogP contribution >= 0.6 is 0 Å². The van der Waals surface area contributed by atoms with Crippen molar-refractivity contribution in [2.75, 3.05) is 24.9 Å². The lowest BCUT2D eigenvalue weighted by Crippen LogP contribution is -2.15. The Balaban J connectivity index is 1.71. The molecule has 0 bridgehead atoms. The number of anilines is 2. The lowest BCUT2D eigenvalue weighted by molar-refractivity contribution is -0.116. The van der Waals surface area contributed by atoms with Crippen LogP contribution in [0.25, 0.3) is 11.3 Å². The van der Waals surface area contributed by atoms with Gasteiger partial charge in [-0.3, -0.25) is 9.59 Å². The topological polar surface area (TPSA) is 103 Å². The highest BCUT2D eigenvalue weighted by molar-refractivity contribution is 5.95. The van der Waals surface area contributed by atoms with E-state index in [0.29, 0.717) is 34.3 Å². The summed E-state index contributed by atoms with van der Waals surface area (Å²) in [6.07, 6.45) is 0.0149. The zero-order valence-corrected chi connectivity index (χ0v) is 16.3. The van der Waals surface area contributed by atoms with E-state index in [1.165, 1.54) is 14.0 Å². The third-order valence-electron chi connectivity index (χ3n) is 4.05. The van der Waals surface area contributed by atoms with Crippen LogP contribution in [0.1, 0.15) is 12.6 Å². The molecule has 0 saturated heterocycles. The van der Waals surface area contributed by atoms with Crippen LogP contribution in [0.2, 0.25) is 0 Å². The number of rotatable bonds is 7. The first kappa shape index (κ1) is 19.9. The zero-order chi connectivity index (χ0) is 20.8. The van der Waals surface area contributed by atoms with E-state index in [9.17, 15) is 9.59 Å². The molecule has 2 aromatic carbocycles. The lowest BCUT2D eigenvalue weighted by atomic mass is 10.1. The normalized spacial score (nSPS) is 10.3. The number of nitrogens with one attached hydrogen (secondary N) is 2. The Morgan fingerprint density at radius 2 is 1.86 bits per heavy atom. The molecule has 29 heavy (non-hydrogen) atoms. The van der Waals surface area contributed by atoms with Crippen LogP contribution in [0.3, 0.4) is 0 Å². The number of methoxy groups -OCH3 is 2. The smallest absolute Gasteiger partial charge is 0.230 e. The monoisotopic (exact) mass is 395 g/mol. The Morgan fingerprint density at radius 1 is 1.03 bits per heavy atom. The summed E-state index contributed by atoms with van der Waals surface area (Å²) >= 11 is 0. The van der Waals surface area contributed by atoms with E-state index >= 15 is 0 Å². The van der Waals surface area contributed by atoms with Gasteiger partial charge in [-0.1, -0.05) is 17.3 Å². The summed E-state index contributed by atoms with van der Waals surface area (Å²) in [7, 11) is 3.09. The molecular formula is C21H21N3O5. The van der Waals surface area contributed by atoms with Gasteiger partial charge in [-0.25, -0.2) is 0 Å². The molecule has 3 aromatic rings. The maximum absolute atomic E-state index is 12.5. The minimum Gasteiger partial charge on any atom is -0.497 e. The van der Waals surface area contributed by atoms with Gasteiger partial charge in [0.25, 0.3) is 0 Å². The molecule has 8 heteroatoms. The van der Waals surface area contributed by atoms with E-state index in [-0.39, 0.29) is 18.2 Å². The molecule has 1 heterocycles. The molecule has 8 nitrogen and oxygen atoms in total. The van der Waals surface area contributed by atoms with Crippen molar-refractivity contribution in [1.29, 1.82) is 0 Å². The number of nitrogens with zero attached hydrogens (tertiary/aromatic N) is 1. The van der Waals surface area contributed by atoms with E-state index in [0.717, 1.165) is 5.56 Å². The quantitative estimate of drug-likeness (QED) is 0.635. The van der Waals surface area contributed by atoms with Crippen LogP contribution in [0.15, 0.2) is 53.1 Å². The molecule has 3 rings (SSSR count). The second-order valence-electron chi connectivity index (χ2n) is 6.24. The van der Waals surface area contributed by atoms with Crippen LogP contribution in [0.5, 0.6) is 11.5 Å². The van der Waals surface area contributed by atoms with Gasteiger partial charge in [0, 0.05) is 24.2 Å². The molecule has 0 radical (unpaired) electrons. The first-order chi connectivity index (χ1) is 14.0. The Kier molecular flexibility index (Phi) is 6.13. The van der Waals surface area contributed by atoms with E-state index in [1.807, 2.05) is 24.3 Å². The molecule has 1 aromatic heterocycles. The second kappa shape index (κ2) is 8.92. The number of carbonyl (C=O) groups is 2. The number of aromatic nitrogens is 1. The Morgan fingerprint density at radius 3 is 2.59 bits per heavy atom. The van der Waals surface area contributed by atoms with Gasteiger partial charge >= 0.3 is 0 Å².